The molecule has 2 aromatic heterocycles. The number of carbonyl (C=O) groups excluding carboxylic acids is 1. The number of halogens is 1. The van der Waals surface area contributed by atoms with Crippen LogP contribution in [0.1, 0.15) is 21.7 Å². The molecule has 1 aromatic carbocycles. The van der Waals surface area contributed by atoms with Crippen molar-refractivity contribution in [1.82, 2.24) is 19.9 Å². The summed E-state index contributed by atoms with van der Waals surface area (Å²) in [7, 11) is 0. The summed E-state index contributed by atoms with van der Waals surface area (Å²) < 4.78 is 15.5. The summed E-state index contributed by atoms with van der Waals surface area (Å²) in [6, 6.07) is 10.0. The van der Waals surface area contributed by atoms with Gasteiger partial charge in [0.2, 0.25) is 0 Å². The van der Waals surface area contributed by atoms with Crippen molar-refractivity contribution < 1.29 is 9.18 Å². The van der Waals surface area contributed by atoms with Crippen LogP contribution in [0.2, 0.25) is 0 Å². The smallest absolute Gasteiger partial charge is 0.254 e. The number of nitrogens with zero attached hydrogens (tertiary/aromatic N) is 3. The number of benzene rings is 1. The van der Waals surface area contributed by atoms with E-state index in [2.05, 4.69) is 15.5 Å². The largest absolute Gasteiger partial charge is 0.345 e. The van der Waals surface area contributed by atoms with Gasteiger partial charge in [-0.05, 0) is 36.8 Å². The predicted molar refractivity (Wildman–Crippen MR) is 75.3 cm³/mol. The summed E-state index contributed by atoms with van der Waals surface area (Å²) in [4.78, 5) is 12.0. The molecule has 0 atom stereocenters. The molecule has 2 heterocycles. The third-order valence-electron chi connectivity index (χ3n) is 3.16. The van der Waals surface area contributed by atoms with E-state index in [1.807, 2.05) is 24.4 Å². The zero-order valence-electron chi connectivity index (χ0n) is 11.4. The lowest BCUT2D eigenvalue weighted by Gasteiger charge is -2.06. The van der Waals surface area contributed by atoms with E-state index in [9.17, 15) is 9.18 Å². The second-order valence-corrected chi connectivity index (χ2v) is 4.71. The standard InChI is InChI=1S/C15H13FN4O/c1-10-5-6-11(12(16)8-10)15(21)17-9-14-19-18-13-4-2-3-7-20(13)14/h2-8H,9H2,1H3,(H,17,21). The Morgan fingerprint density at radius 1 is 1.29 bits per heavy atom. The number of amides is 1. The predicted octanol–water partition coefficient (Wildman–Crippen LogP) is 2.11. The number of aryl methyl sites for hydroxylation is 1. The normalized spacial score (nSPS) is 10.8. The molecule has 1 N–H and O–H groups in total. The molecule has 0 fully saturated rings. The zero-order valence-corrected chi connectivity index (χ0v) is 11.4. The Balaban J connectivity index is 1.77. The minimum Gasteiger partial charge on any atom is -0.345 e. The maximum absolute atomic E-state index is 13.7. The van der Waals surface area contributed by atoms with Crippen LogP contribution in [0.3, 0.4) is 0 Å². The molecule has 0 saturated carbocycles. The van der Waals surface area contributed by atoms with Crippen molar-refractivity contribution in [2.75, 3.05) is 0 Å². The van der Waals surface area contributed by atoms with Gasteiger partial charge in [0.05, 0.1) is 12.1 Å². The Kier molecular flexibility index (Phi) is 3.35. The van der Waals surface area contributed by atoms with Crippen LogP contribution in [0.4, 0.5) is 4.39 Å². The van der Waals surface area contributed by atoms with Gasteiger partial charge in [-0.2, -0.15) is 0 Å². The molecule has 0 aliphatic rings. The van der Waals surface area contributed by atoms with Crippen molar-refractivity contribution in [3.8, 4) is 0 Å². The van der Waals surface area contributed by atoms with Crippen molar-refractivity contribution in [3.05, 3.63) is 65.4 Å². The van der Waals surface area contributed by atoms with Crippen LogP contribution >= 0.6 is 0 Å². The lowest BCUT2D eigenvalue weighted by Crippen LogP contribution is -2.25. The molecule has 0 saturated heterocycles. The highest BCUT2D eigenvalue weighted by atomic mass is 19.1. The quantitative estimate of drug-likeness (QED) is 0.801. The number of nitrogens with one attached hydrogen (secondary N) is 1. The lowest BCUT2D eigenvalue weighted by atomic mass is 10.1. The number of carbonyl (C=O) groups is 1. The summed E-state index contributed by atoms with van der Waals surface area (Å²) >= 11 is 0. The molecule has 6 heteroatoms. The highest BCUT2D eigenvalue weighted by Crippen LogP contribution is 2.10. The van der Waals surface area contributed by atoms with Gasteiger partial charge in [0.1, 0.15) is 5.82 Å². The molecule has 0 unspecified atom stereocenters. The molecule has 21 heavy (non-hydrogen) atoms. The Hall–Kier alpha value is -2.76. The van der Waals surface area contributed by atoms with Crippen LogP contribution in [0.25, 0.3) is 5.65 Å². The SMILES string of the molecule is Cc1ccc(C(=O)NCc2nnc3ccccn23)c(F)c1. The van der Waals surface area contributed by atoms with Crippen LogP contribution in [-0.2, 0) is 6.54 Å². The van der Waals surface area contributed by atoms with E-state index in [1.54, 1.807) is 17.4 Å². The first kappa shape index (κ1) is 13.2. The molecule has 3 aromatic rings. The third-order valence-corrected chi connectivity index (χ3v) is 3.16. The molecular formula is C15H13FN4O. The second-order valence-electron chi connectivity index (χ2n) is 4.71. The lowest BCUT2D eigenvalue weighted by molar-refractivity contribution is 0.0945. The van der Waals surface area contributed by atoms with E-state index in [0.717, 1.165) is 5.56 Å². The Morgan fingerprint density at radius 3 is 2.95 bits per heavy atom. The van der Waals surface area contributed by atoms with Crippen molar-refractivity contribution >= 4 is 11.6 Å². The third kappa shape index (κ3) is 2.60. The van der Waals surface area contributed by atoms with Crippen molar-refractivity contribution in [1.29, 1.82) is 0 Å². The first-order valence-corrected chi connectivity index (χ1v) is 6.48. The van der Waals surface area contributed by atoms with E-state index < -0.39 is 11.7 Å². The number of hydrogen-bond acceptors (Lipinski definition) is 3. The van der Waals surface area contributed by atoms with Crippen molar-refractivity contribution in [3.63, 3.8) is 0 Å². The Labute approximate surface area is 120 Å². The van der Waals surface area contributed by atoms with E-state index in [1.165, 1.54) is 12.1 Å². The summed E-state index contributed by atoms with van der Waals surface area (Å²) in [5, 5.41) is 10.6. The highest BCUT2D eigenvalue weighted by Gasteiger charge is 2.12. The van der Waals surface area contributed by atoms with Gasteiger partial charge in [-0.1, -0.05) is 12.1 Å². The van der Waals surface area contributed by atoms with Gasteiger partial charge in [0, 0.05) is 6.20 Å². The Bertz CT molecular complexity index is 812. The number of aromatic nitrogens is 3. The second kappa shape index (κ2) is 5.32. The molecule has 5 nitrogen and oxygen atoms in total. The van der Waals surface area contributed by atoms with E-state index in [0.29, 0.717) is 11.5 Å². The molecule has 0 aliphatic carbocycles. The van der Waals surface area contributed by atoms with Gasteiger partial charge in [-0.25, -0.2) is 4.39 Å². The number of pyridine rings is 1. The summed E-state index contributed by atoms with van der Waals surface area (Å²) in [6.07, 6.45) is 1.81. The average Bonchev–Trinajstić information content (AvgIpc) is 2.88. The van der Waals surface area contributed by atoms with Crippen LogP contribution in [-0.4, -0.2) is 20.5 Å². The molecule has 3 rings (SSSR count). The van der Waals surface area contributed by atoms with E-state index in [4.69, 9.17) is 0 Å². The number of fused-ring (bicyclic) bond motifs is 1. The van der Waals surface area contributed by atoms with Crippen LogP contribution in [0.15, 0.2) is 42.6 Å². The first-order chi connectivity index (χ1) is 10.1. The monoisotopic (exact) mass is 284 g/mol. The average molecular weight is 284 g/mol. The van der Waals surface area contributed by atoms with Crippen molar-refractivity contribution in [2.45, 2.75) is 13.5 Å². The van der Waals surface area contributed by atoms with Gasteiger partial charge < -0.3 is 5.32 Å². The topological polar surface area (TPSA) is 59.3 Å². The van der Waals surface area contributed by atoms with E-state index >= 15 is 0 Å². The summed E-state index contributed by atoms with van der Waals surface area (Å²) in [5.41, 5.74) is 1.49. The molecule has 106 valence electrons. The van der Waals surface area contributed by atoms with Gasteiger partial charge in [0.15, 0.2) is 11.5 Å². The fourth-order valence-corrected chi connectivity index (χ4v) is 2.07. The van der Waals surface area contributed by atoms with Crippen LogP contribution < -0.4 is 5.32 Å². The minimum absolute atomic E-state index is 0.0226. The zero-order chi connectivity index (χ0) is 14.8. The molecule has 0 aliphatic heterocycles. The minimum atomic E-state index is -0.529. The van der Waals surface area contributed by atoms with Crippen molar-refractivity contribution in [2.24, 2.45) is 0 Å². The fourth-order valence-electron chi connectivity index (χ4n) is 2.07. The summed E-state index contributed by atoms with van der Waals surface area (Å²) in [6.45, 7) is 1.95. The fraction of sp³-hybridized carbons (Fsp3) is 0.133. The molecule has 1 amide bonds. The number of hydrogen-bond donors (Lipinski definition) is 1. The Morgan fingerprint density at radius 2 is 2.14 bits per heavy atom. The van der Waals surface area contributed by atoms with Gasteiger partial charge in [-0.15, -0.1) is 10.2 Å². The van der Waals surface area contributed by atoms with Gasteiger partial charge in [0.25, 0.3) is 5.91 Å². The molecule has 0 radical (unpaired) electrons. The molecule has 0 spiro atoms. The molecule has 0 bridgehead atoms. The van der Waals surface area contributed by atoms with Crippen LogP contribution in [0.5, 0.6) is 0 Å². The highest BCUT2D eigenvalue weighted by molar-refractivity contribution is 5.94. The van der Waals surface area contributed by atoms with Gasteiger partial charge in [-0.3, -0.25) is 9.20 Å². The number of rotatable bonds is 3. The maximum Gasteiger partial charge on any atom is 0.254 e. The maximum atomic E-state index is 13.7. The summed E-state index contributed by atoms with van der Waals surface area (Å²) in [5.74, 6) is -0.412. The van der Waals surface area contributed by atoms with E-state index in [-0.39, 0.29) is 12.1 Å². The first-order valence-electron chi connectivity index (χ1n) is 6.48. The van der Waals surface area contributed by atoms with Gasteiger partial charge >= 0.3 is 0 Å². The van der Waals surface area contributed by atoms with Crippen LogP contribution in [0, 0.1) is 12.7 Å². The molecular weight excluding hydrogens is 271 g/mol.